The molecule has 0 radical (unpaired) electrons. The van der Waals surface area contributed by atoms with Crippen LogP contribution >= 0.6 is 0 Å². The zero-order chi connectivity index (χ0) is 25.4. The Morgan fingerprint density at radius 2 is 1.84 bits per heavy atom. The molecule has 37 heavy (non-hydrogen) atoms. The number of piperidine rings is 1. The normalized spacial score (nSPS) is 25.1. The van der Waals surface area contributed by atoms with Gasteiger partial charge in [-0.15, -0.1) is 0 Å². The van der Waals surface area contributed by atoms with Crippen LogP contribution in [0.4, 0.5) is 0 Å². The number of amidine groups is 1. The maximum absolute atomic E-state index is 13.0. The standard InChI is InChI=1S/C30H38N6O/c1-21-8-9-25(18-22(21)2)26-20-27-30-32-31-28(35(30)16-17-36(27)33-26)10-11-29(37)34-14-12-24(13-15-34)19-23-6-4-3-5-7-23/h3-9,16-18,24,26-27,30,32-33H,10-15,19-20H2,1-2H3. The highest BCUT2D eigenvalue weighted by Crippen LogP contribution is 2.35. The summed E-state index contributed by atoms with van der Waals surface area (Å²) in [7, 11) is 0. The van der Waals surface area contributed by atoms with Crippen molar-refractivity contribution in [3.8, 4) is 0 Å². The number of carbonyl (C=O) groups excluding carboxylic acids is 1. The lowest BCUT2D eigenvalue weighted by Crippen LogP contribution is -2.54. The fourth-order valence-electron chi connectivity index (χ4n) is 6.22. The van der Waals surface area contributed by atoms with Crippen molar-refractivity contribution < 1.29 is 4.79 Å². The predicted molar refractivity (Wildman–Crippen MR) is 146 cm³/mol. The van der Waals surface area contributed by atoms with E-state index < -0.39 is 0 Å². The summed E-state index contributed by atoms with van der Waals surface area (Å²) in [6, 6.07) is 18.0. The van der Waals surface area contributed by atoms with Gasteiger partial charge in [0.25, 0.3) is 0 Å². The Labute approximate surface area is 220 Å². The first-order valence-corrected chi connectivity index (χ1v) is 13.8. The van der Waals surface area contributed by atoms with Crippen LogP contribution in [0.2, 0.25) is 0 Å². The molecule has 4 aliphatic rings. The first-order valence-electron chi connectivity index (χ1n) is 13.8. The number of fused-ring (bicyclic) bond motifs is 3. The third kappa shape index (κ3) is 4.97. The lowest BCUT2D eigenvalue weighted by molar-refractivity contribution is -0.132. The summed E-state index contributed by atoms with van der Waals surface area (Å²) in [5.74, 6) is 1.89. The van der Waals surface area contributed by atoms with E-state index in [1.807, 2.05) is 0 Å². The minimum absolute atomic E-state index is 0.0906. The summed E-state index contributed by atoms with van der Waals surface area (Å²) in [5.41, 5.74) is 12.4. The van der Waals surface area contributed by atoms with E-state index in [4.69, 9.17) is 0 Å². The maximum Gasteiger partial charge on any atom is 0.223 e. The van der Waals surface area contributed by atoms with Gasteiger partial charge in [-0.2, -0.15) is 5.10 Å². The van der Waals surface area contributed by atoms with Gasteiger partial charge in [0.1, 0.15) is 12.0 Å². The van der Waals surface area contributed by atoms with Gasteiger partial charge >= 0.3 is 0 Å². The zero-order valence-electron chi connectivity index (χ0n) is 21.9. The number of carbonyl (C=O) groups is 1. The van der Waals surface area contributed by atoms with E-state index in [1.54, 1.807) is 0 Å². The molecule has 2 fully saturated rings. The van der Waals surface area contributed by atoms with Gasteiger partial charge < -0.3 is 14.8 Å². The highest BCUT2D eigenvalue weighted by atomic mass is 16.2. The lowest BCUT2D eigenvalue weighted by atomic mass is 9.90. The van der Waals surface area contributed by atoms with Gasteiger partial charge in [-0.05, 0) is 67.7 Å². The summed E-state index contributed by atoms with van der Waals surface area (Å²) in [6.45, 7) is 6.08. The third-order valence-corrected chi connectivity index (χ3v) is 8.65. The van der Waals surface area contributed by atoms with Gasteiger partial charge in [0, 0.05) is 38.3 Å². The van der Waals surface area contributed by atoms with Crippen LogP contribution < -0.4 is 10.9 Å². The molecule has 0 saturated carbocycles. The molecule has 0 bridgehead atoms. The monoisotopic (exact) mass is 498 g/mol. The van der Waals surface area contributed by atoms with Crippen LogP contribution in [0.5, 0.6) is 0 Å². The number of hydrogen-bond donors (Lipinski definition) is 2. The van der Waals surface area contributed by atoms with Crippen molar-refractivity contribution in [1.29, 1.82) is 0 Å². The van der Waals surface area contributed by atoms with E-state index in [0.717, 1.165) is 44.6 Å². The number of benzene rings is 2. The lowest BCUT2D eigenvalue weighted by Gasteiger charge is -2.37. The molecule has 7 nitrogen and oxygen atoms in total. The molecular formula is C30H38N6O. The summed E-state index contributed by atoms with van der Waals surface area (Å²) >= 11 is 0. The number of amides is 1. The first-order chi connectivity index (χ1) is 18.0. The Balaban J connectivity index is 0.992. The second kappa shape index (κ2) is 10.2. The summed E-state index contributed by atoms with van der Waals surface area (Å²) in [4.78, 5) is 17.3. The largest absolute Gasteiger partial charge is 0.343 e. The van der Waals surface area contributed by atoms with Gasteiger partial charge in [0.15, 0.2) is 0 Å². The van der Waals surface area contributed by atoms with Crippen molar-refractivity contribution in [3.05, 3.63) is 83.2 Å². The van der Waals surface area contributed by atoms with E-state index >= 15 is 0 Å². The van der Waals surface area contributed by atoms with Gasteiger partial charge in [-0.3, -0.25) is 10.2 Å². The van der Waals surface area contributed by atoms with Crippen LogP contribution in [0.15, 0.2) is 66.0 Å². The fourth-order valence-corrected chi connectivity index (χ4v) is 6.22. The zero-order valence-corrected chi connectivity index (χ0v) is 21.9. The summed E-state index contributed by atoms with van der Waals surface area (Å²) in [5, 5.41) is 6.88. The number of rotatable bonds is 6. The fraction of sp³-hybridized carbons (Fsp3) is 0.467. The predicted octanol–water partition coefficient (Wildman–Crippen LogP) is 4.21. The number of hydrazone groups is 1. The maximum atomic E-state index is 13.0. The highest BCUT2D eigenvalue weighted by Gasteiger charge is 2.44. The molecular weight excluding hydrogens is 460 g/mol. The third-order valence-electron chi connectivity index (χ3n) is 8.65. The smallest absolute Gasteiger partial charge is 0.223 e. The van der Waals surface area contributed by atoms with Crippen LogP contribution in [0, 0.1) is 19.8 Å². The Hall–Kier alpha value is -3.32. The molecule has 3 unspecified atom stereocenters. The molecule has 1 amide bonds. The van der Waals surface area contributed by atoms with E-state index in [0.29, 0.717) is 18.8 Å². The van der Waals surface area contributed by atoms with Crippen LogP contribution in [-0.2, 0) is 11.2 Å². The van der Waals surface area contributed by atoms with Crippen molar-refractivity contribution in [1.82, 2.24) is 25.7 Å². The number of likely N-dealkylation sites (tertiary alicyclic amines) is 1. The second-order valence-corrected chi connectivity index (χ2v) is 11.1. The molecule has 2 aromatic carbocycles. The molecule has 6 rings (SSSR count). The quantitative estimate of drug-likeness (QED) is 0.625. The average Bonchev–Trinajstić information content (AvgIpc) is 3.54. The van der Waals surface area contributed by atoms with Crippen molar-refractivity contribution in [2.45, 2.75) is 70.6 Å². The van der Waals surface area contributed by atoms with E-state index in [1.165, 1.54) is 22.3 Å². The van der Waals surface area contributed by atoms with Crippen molar-refractivity contribution in [3.63, 3.8) is 0 Å². The molecule has 194 valence electrons. The molecule has 0 aliphatic carbocycles. The van der Waals surface area contributed by atoms with Gasteiger partial charge in [0.05, 0.1) is 12.1 Å². The molecule has 2 aromatic rings. The van der Waals surface area contributed by atoms with Crippen molar-refractivity contribution in [2.24, 2.45) is 11.0 Å². The number of nitrogens with one attached hydrogen (secondary N) is 2. The van der Waals surface area contributed by atoms with Crippen LogP contribution in [-0.4, -0.2) is 51.8 Å². The molecule has 3 atom stereocenters. The first kappa shape index (κ1) is 24.0. The Morgan fingerprint density at radius 3 is 2.62 bits per heavy atom. The average molecular weight is 499 g/mol. The summed E-state index contributed by atoms with van der Waals surface area (Å²) in [6.07, 6.45) is 9.77. The molecule has 4 heterocycles. The Bertz CT molecular complexity index is 1190. The van der Waals surface area contributed by atoms with Gasteiger partial charge in [-0.1, -0.05) is 48.5 Å². The van der Waals surface area contributed by atoms with E-state index in [2.05, 4.69) is 106 Å². The van der Waals surface area contributed by atoms with Crippen molar-refractivity contribution >= 4 is 11.7 Å². The Morgan fingerprint density at radius 1 is 1.03 bits per heavy atom. The van der Waals surface area contributed by atoms with Crippen LogP contribution in [0.3, 0.4) is 0 Å². The van der Waals surface area contributed by atoms with Crippen molar-refractivity contribution in [2.75, 3.05) is 13.1 Å². The van der Waals surface area contributed by atoms with E-state index in [-0.39, 0.29) is 24.2 Å². The highest BCUT2D eigenvalue weighted by molar-refractivity contribution is 5.89. The molecule has 4 aliphatic heterocycles. The molecule has 2 N–H and O–H groups in total. The van der Waals surface area contributed by atoms with Gasteiger partial charge in [0.2, 0.25) is 5.91 Å². The number of aryl methyl sites for hydroxylation is 2. The second-order valence-electron chi connectivity index (χ2n) is 11.1. The topological polar surface area (TPSA) is 63.2 Å². The molecule has 0 spiro atoms. The van der Waals surface area contributed by atoms with Crippen LogP contribution in [0.1, 0.15) is 60.4 Å². The summed E-state index contributed by atoms with van der Waals surface area (Å²) < 4.78 is 0. The van der Waals surface area contributed by atoms with Gasteiger partial charge in [-0.25, -0.2) is 5.43 Å². The minimum atomic E-state index is 0.0906. The minimum Gasteiger partial charge on any atom is -0.343 e. The van der Waals surface area contributed by atoms with E-state index in [9.17, 15) is 4.79 Å². The Kier molecular flexibility index (Phi) is 6.63. The number of nitrogens with zero attached hydrogens (tertiary/aromatic N) is 4. The van der Waals surface area contributed by atoms with Crippen LogP contribution in [0.25, 0.3) is 0 Å². The molecule has 0 aromatic heterocycles. The number of hydrazine groups is 1. The molecule has 7 heteroatoms. The molecule has 2 saturated heterocycles. The SMILES string of the molecule is Cc1ccc(C2CC3C4NN=C(CCC(=O)N5CCC(Cc6ccccc6)CC5)N4C=CN3N2)cc1C. The number of hydrogen-bond acceptors (Lipinski definition) is 6.